The van der Waals surface area contributed by atoms with E-state index < -0.39 is 0 Å². The van der Waals surface area contributed by atoms with E-state index in [0.717, 1.165) is 23.1 Å². The first-order valence-electron chi connectivity index (χ1n) is 5.87. The van der Waals surface area contributed by atoms with Crippen LogP contribution in [0.5, 0.6) is 0 Å². The topological polar surface area (TPSA) is 34.9 Å². The molecule has 90 valence electrons. The summed E-state index contributed by atoms with van der Waals surface area (Å²) in [7, 11) is 0. The maximum atomic E-state index is 12.3. The molecule has 3 rings (SSSR count). The number of aromatic nitrogens is 2. The van der Waals surface area contributed by atoms with Gasteiger partial charge in [0.15, 0.2) is 0 Å². The van der Waals surface area contributed by atoms with Crippen LogP contribution in [0.3, 0.4) is 0 Å². The van der Waals surface area contributed by atoms with Crippen molar-refractivity contribution in [2.24, 2.45) is 0 Å². The monoisotopic (exact) mass is 268 g/mol. The molecule has 1 aliphatic rings. The van der Waals surface area contributed by atoms with Crippen LogP contribution in [0.25, 0.3) is 10.2 Å². The van der Waals surface area contributed by atoms with Gasteiger partial charge in [-0.1, -0.05) is 0 Å². The SMILES string of the molecule is O=c1c2c3c(sc2ncn1CCCl)CCCC3. The minimum atomic E-state index is 0.0788. The van der Waals surface area contributed by atoms with Gasteiger partial charge in [0.05, 0.1) is 11.7 Å². The number of hydrogen-bond acceptors (Lipinski definition) is 3. The number of rotatable bonds is 2. The number of aryl methyl sites for hydroxylation is 3. The normalized spacial score (nSPS) is 15.1. The predicted octanol–water partition coefficient (Wildman–Crippen LogP) is 2.58. The molecule has 0 bridgehead atoms. The van der Waals surface area contributed by atoms with Gasteiger partial charge < -0.3 is 0 Å². The van der Waals surface area contributed by atoms with E-state index in [2.05, 4.69) is 4.98 Å². The Kier molecular flexibility index (Phi) is 2.92. The molecule has 2 aromatic rings. The molecule has 2 heterocycles. The zero-order valence-electron chi connectivity index (χ0n) is 9.41. The van der Waals surface area contributed by atoms with Gasteiger partial charge in [0.25, 0.3) is 5.56 Å². The number of nitrogens with zero attached hydrogens (tertiary/aromatic N) is 2. The second-order valence-electron chi connectivity index (χ2n) is 4.32. The van der Waals surface area contributed by atoms with E-state index in [0.29, 0.717) is 12.4 Å². The number of halogens is 1. The summed E-state index contributed by atoms with van der Waals surface area (Å²) < 4.78 is 1.62. The Morgan fingerprint density at radius 2 is 2.24 bits per heavy atom. The molecule has 0 amide bonds. The van der Waals surface area contributed by atoms with Crippen molar-refractivity contribution in [2.45, 2.75) is 32.2 Å². The standard InChI is InChI=1S/C12H13ClN2OS/c13-5-6-15-7-14-11-10(12(15)16)8-3-1-2-4-9(8)17-11/h7H,1-6H2. The van der Waals surface area contributed by atoms with Crippen molar-refractivity contribution in [1.82, 2.24) is 9.55 Å². The second-order valence-corrected chi connectivity index (χ2v) is 5.78. The van der Waals surface area contributed by atoms with Gasteiger partial charge >= 0.3 is 0 Å². The Labute approximate surface area is 108 Å². The molecular weight excluding hydrogens is 256 g/mol. The Bertz CT molecular complexity index is 617. The van der Waals surface area contributed by atoms with Crippen molar-refractivity contribution in [2.75, 3.05) is 5.88 Å². The van der Waals surface area contributed by atoms with Crippen molar-refractivity contribution in [3.63, 3.8) is 0 Å². The molecule has 0 aromatic carbocycles. The Balaban J connectivity index is 2.27. The summed E-state index contributed by atoms with van der Waals surface area (Å²) in [6.07, 6.45) is 6.16. The number of fused-ring (bicyclic) bond motifs is 3. The van der Waals surface area contributed by atoms with Crippen LogP contribution in [0.2, 0.25) is 0 Å². The summed E-state index contributed by atoms with van der Waals surface area (Å²) >= 11 is 7.37. The fourth-order valence-electron chi connectivity index (χ4n) is 2.43. The largest absolute Gasteiger partial charge is 0.297 e. The third kappa shape index (κ3) is 1.79. The lowest BCUT2D eigenvalue weighted by Gasteiger charge is -2.10. The highest BCUT2D eigenvalue weighted by Crippen LogP contribution is 2.33. The van der Waals surface area contributed by atoms with Gasteiger partial charge in [0.2, 0.25) is 0 Å². The van der Waals surface area contributed by atoms with E-state index in [1.165, 1.54) is 23.3 Å². The smallest absolute Gasteiger partial charge is 0.262 e. The van der Waals surface area contributed by atoms with Crippen LogP contribution in [0.1, 0.15) is 23.3 Å². The summed E-state index contributed by atoms with van der Waals surface area (Å²) in [5.74, 6) is 0.444. The Morgan fingerprint density at radius 1 is 1.41 bits per heavy atom. The minimum absolute atomic E-state index is 0.0788. The first-order chi connectivity index (χ1) is 8.31. The van der Waals surface area contributed by atoms with Crippen LogP contribution in [-0.4, -0.2) is 15.4 Å². The summed E-state index contributed by atoms with van der Waals surface area (Å²) in [5, 5.41) is 0.845. The highest BCUT2D eigenvalue weighted by molar-refractivity contribution is 7.18. The van der Waals surface area contributed by atoms with E-state index in [1.807, 2.05) is 0 Å². The van der Waals surface area contributed by atoms with Crippen molar-refractivity contribution in [3.05, 3.63) is 27.1 Å². The number of alkyl halides is 1. The number of thiophene rings is 1. The molecule has 0 unspecified atom stereocenters. The van der Waals surface area contributed by atoms with E-state index in [-0.39, 0.29) is 5.56 Å². The van der Waals surface area contributed by atoms with Crippen LogP contribution in [0, 0.1) is 0 Å². The molecule has 0 spiro atoms. The number of hydrogen-bond donors (Lipinski definition) is 0. The molecule has 0 fully saturated rings. The van der Waals surface area contributed by atoms with E-state index in [1.54, 1.807) is 22.2 Å². The highest BCUT2D eigenvalue weighted by atomic mass is 35.5. The molecule has 17 heavy (non-hydrogen) atoms. The molecular formula is C12H13ClN2OS. The third-order valence-corrected chi connectivity index (χ3v) is 4.64. The van der Waals surface area contributed by atoms with Gasteiger partial charge in [0, 0.05) is 17.3 Å². The van der Waals surface area contributed by atoms with Crippen LogP contribution >= 0.6 is 22.9 Å². The second kappa shape index (κ2) is 4.42. The average Bonchev–Trinajstić information content (AvgIpc) is 2.72. The fourth-order valence-corrected chi connectivity index (χ4v) is 3.83. The lowest BCUT2D eigenvalue weighted by molar-refractivity contribution is 0.695. The Morgan fingerprint density at radius 3 is 3.06 bits per heavy atom. The predicted molar refractivity (Wildman–Crippen MR) is 71.2 cm³/mol. The van der Waals surface area contributed by atoms with E-state index in [4.69, 9.17) is 11.6 Å². The van der Waals surface area contributed by atoms with E-state index in [9.17, 15) is 4.79 Å². The molecule has 0 atom stereocenters. The highest BCUT2D eigenvalue weighted by Gasteiger charge is 2.19. The van der Waals surface area contributed by atoms with Crippen molar-refractivity contribution in [3.8, 4) is 0 Å². The quantitative estimate of drug-likeness (QED) is 0.785. The first kappa shape index (κ1) is 11.2. The zero-order chi connectivity index (χ0) is 11.8. The van der Waals surface area contributed by atoms with Crippen LogP contribution in [0.4, 0.5) is 0 Å². The van der Waals surface area contributed by atoms with Crippen molar-refractivity contribution >= 4 is 33.2 Å². The lowest BCUT2D eigenvalue weighted by Crippen LogP contribution is -2.21. The van der Waals surface area contributed by atoms with Crippen LogP contribution in [-0.2, 0) is 19.4 Å². The molecule has 0 saturated carbocycles. The van der Waals surface area contributed by atoms with E-state index >= 15 is 0 Å². The van der Waals surface area contributed by atoms with Gasteiger partial charge in [-0.2, -0.15) is 0 Å². The summed E-state index contributed by atoms with van der Waals surface area (Å²) in [6, 6.07) is 0. The average molecular weight is 269 g/mol. The van der Waals surface area contributed by atoms with Gasteiger partial charge in [-0.25, -0.2) is 4.98 Å². The van der Waals surface area contributed by atoms with Gasteiger partial charge in [-0.15, -0.1) is 22.9 Å². The summed E-state index contributed by atoms with van der Waals surface area (Å²) in [4.78, 5) is 19.0. The molecule has 0 saturated heterocycles. The molecule has 0 radical (unpaired) electrons. The Hall–Kier alpha value is -0.870. The van der Waals surface area contributed by atoms with Gasteiger partial charge in [0.1, 0.15) is 4.83 Å². The molecule has 5 heteroatoms. The zero-order valence-corrected chi connectivity index (χ0v) is 11.0. The van der Waals surface area contributed by atoms with Gasteiger partial charge in [-0.3, -0.25) is 9.36 Å². The van der Waals surface area contributed by atoms with Crippen LogP contribution < -0.4 is 5.56 Å². The fraction of sp³-hybridized carbons (Fsp3) is 0.500. The van der Waals surface area contributed by atoms with Gasteiger partial charge in [-0.05, 0) is 31.2 Å². The molecule has 3 nitrogen and oxygen atoms in total. The van der Waals surface area contributed by atoms with Crippen LogP contribution in [0.15, 0.2) is 11.1 Å². The first-order valence-corrected chi connectivity index (χ1v) is 7.22. The maximum absolute atomic E-state index is 12.3. The lowest BCUT2D eigenvalue weighted by atomic mass is 9.97. The summed E-state index contributed by atoms with van der Waals surface area (Å²) in [6.45, 7) is 0.536. The molecule has 0 aliphatic heterocycles. The molecule has 2 aromatic heterocycles. The third-order valence-electron chi connectivity index (χ3n) is 3.27. The maximum Gasteiger partial charge on any atom is 0.262 e. The molecule has 1 aliphatic carbocycles. The van der Waals surface area contributed by atoms with Crippen molar-refractivity contribution in [1.29, 1.82) is 0 Å². The minimum Gasteiger partial charge on any atom is -0.297 e. The van der Waals surface area contributed by atoms with Crippen molar-refractivity contribution < 1.29 is 0 Å². The molecule has 0 N–H and O–H groups in total. The summed E-state index contributed by atoms with van der Waals surface area (Å²) in [5.41, 5.74) is 1.33.